The van der Waals surface area contributed by atoms with Crippen LogP contribution in [0.2, 0.25) is 0 Å². The maximum absolute atomic E-state index is 4.33. The van der Waals surface area contributed by atoms with E-state index in [0.717, 1.165) is 36.5 Å². The first-order valence-corrected chi connectivity index (χ1v) is 10.4. The molecule has 1 fully saturated rings. The first-order chi connectivity index (χ1) is 14.3. The molecule has 3 aromatic carbocycles. The van der Waals surface area contributed by atoms with E-state index in [1.807, 2.05) is 6.20 Å². The van der Waals surface area contributed by atoms with Crippen LogP contribution in [0.25, 0.3) is 22.0 Å². The predicted molar refractivity (Wildman–Crippen MR) is 119 cm³/mol. The van der Waals surface area contributed by atoms with Gasteiger partial charge in [0.25, 0.3) is 0 Å². The van der Waals surface area contributed by atoms with Gasteiger partial charge in [-0.1, -0.05) is 54.6 Å². The molecule has 1 aromatic heterocycles. The fourth-order valence-corrected chi connectivity index (χ4v) is 4.00. The van der Waals surface area contributed by atoms with Crippen LogP contribution in [-0.4, -0.2) is 27.5 Å². The molecule has 0 amide bonds. The van der Waals surface area contributed by atoms with E-state index in [9.17, 15) is 0 Å². The van der Waals surface area contributed by atoms with Gasteiger partial charge in [0, 0.05) is 30.7 Å². The second-order valence-corrected chi connectivity index (χ2v) is 7.93. The molecule has 0 saturated heterocycles. The summed E-state index contributed by atoms with van der Waals surface area (Å²) >= 11 is 0. The van der Waals surface area contributed by atoms with Gasteiger partial charge in [-0.15, -0.1) is 0 Å². The van der Waals surface area contributed by atoms with Crippen molar-refractivity contribution in [2.24, 2.45) is 0 Å². The third-order valence-corrected chi connectivity index (χ3v) is 5.74. The van der Waals surface area contributed by atoms with E-state index in [2.05, 4.69) is 87.7 Å². The van der Waals surface area contributed by atoms with Crippen molar-refractivity contribution < 1.29 is 0 Å². The molecule has 0 bridgehead atoms. The number of aromatic nitrogens is 2. The zero-order chi connectivity index (χ0) is 19.5. The average molecular weight is 380 g/mol. The van der Waals surface area contributed by atoms with Crippen molar-refractivity contribution in [3.8, 4) is 11.1 Å². The molecule has 1 heterocycles. The number of benzene rings is 3. The molecule has 0 spiro atoms. The maximum atomic E-state index is 4.33. The van der Waals surface area contributed by atoms with E-state index in [0.29, 0.717) is 0 Å². The Morgan fingerprint density at radius 3 is 2.52 bits per heavy atom. The summed E-state index contributed by atoms with van der Waals surface area (Å²) < 4.78 is 0. The van der Waals surface area contributed by atoms with E-state index in [-0.39, 0.29) is 0 Å². The van der Waals surface area contributed by atoms with E-state index in [1.54, 1.807) is 6.33 Å². The van der Waals surface area contributed by atoms with Crippen molar-refractivity contribution in [1.29, 1.82) is 0 Å². The molecule has 1 saturated carbocycles. The molecule has 0 N–H and O–H groups in total. The van der Waals surface area contributed by atoms with Crippen molar-refractivity contribution in [2.75, 3.05) is 6.54 Å². The average Bonchev–Trinajstić information content (AvgIpc) is 3.63. The molecular weight excluding hydrogens is 354 g/mol. The highest BCUT2D eigenvalue weighted by atomic mass is 15.2. The molecule has 0 aliphatic heterocycles. The van der Waals surface area contributed by atoms with Crippen molar-refractivity contribution in [3.05, 3.63) is 96.4 Å². The SMILES string of the molecule is c1ccc(CCN(Cc2cccc(-c3ccc4ncncc4c3)c2)C2CC2)cc1. The lowest BCUT2D eigenvalue weighted by atomic mass is 10.0. The van der Waals surface area contributed by atoms with Gasteiger partial charge in [0.05, 0.1) is 5.52 Å². The number of hydrogen-bond donors (Lipinski definition) is 0. The number of rotatable bonds is 7. The molecule has 1 aliphatic carbocycles. The Hall–Kier alpha value is -3.04. The van der Waals surface area contributed by atoms with Gasteiger partial charge in [-0.2, -0.15) is 0 Å². The summed E-state index contributed by atoms with van der Waals surface area (Å²) in [4.78, 5) is 11.1. The largest absolute Gasteiger partial charge is 0.296 e. The zero-order valence-corrected chi connectivity index (χ0v) is 16.5. The second-order valence-electron chi connectivity index (χ2n) is 7.93. The van der Waals surface area contributed by atoms with Gasteiger partial charge in [-0.05, 0) is 59.7 Å². The van der Waals surface area contributed by atoms with E-state index >= 15 is 0 Å². The normalized spacial score (nSPS) is 13.8. The highest BCUT2D eigenvalue weighted by Gasteiger charge is 2.28. The van der Waals surface area contributed by atoms with Gasteiger partial charge in [-0.3, -0.25) is 4.90 Å². The minimum atomic E-state index is 0.750. The molecule has 5 rings (SSSR count). The lowest BCUT2D eigenvalue weighted by molar-refractivity contribution is 0.258. The first-order valence-electron chi connectivity index (χ1n) is 10.4. The Bertz CT molecular complexity index is 1100. The summed E-state index contributed by atoms with van der Waals surface area (Å²) in [6, 6.07) is 27.0. The van der Waals surface area contributed by atoms with Crippen molar-refractivity contribution in [1.82, 2.24) is 14.9 Å². The van der Waals surface area contributed by atoms with Gasteiger partial charge in [0.2, 0.25) is 0 Å². The summed E-state index contributed by atoms with van der Waals surface area (Å²) in [5, 5.41) is 1.08. The molecule has 1 aliphatic rings. The molecule has 3 nitrogen and oxygen atoms in total. The van der Waals surface area contributed by atoms with E-state index < -0.39 is 0 Å². The summed E-state index contributed by atoms with van der Waals surface area (Å²) in [5.74, 6) is 0. The topological polar surface area (TPSA) is 29.0 Å². The van der Waals surface area contributed by atoms with Crippen LogP contribution in [0, 0.1) is 0 Å². The number of fused-ring (bicyclic) bond motifs is 1. The summed E-state index contributed by atoms with van der Waals surface area (Å²) in [6.45, 7) is 2.13. The van der Waals surface area contributed by atoms with Gasteiger partial charge in [-0.25, -0.2) is 9.97 Å². The standard InChI is InChI=1S/C26H25N3/c1-2-5-20(6-3-1)13-14-29(25-10-11-25)18-21-7-4-8-22(15-21)23-9-12-26-24(16-23)17-27-19-28-26/h1-9,12,15-17,19,25H,10-11,13-14,18H2. The van der Waals surface area contributed by atoms with E-state index in [4.69, 9.17) is 0 Å². The van der Waals surface area contributed by atoms with Crippen molar-refractivity contribution in [2.45, 2.75) is 31.8 Å². The zero-order valence-electron chi connectivity index (χ0n) is 16.5. The molecule has 3 heteroatoms. The highest BCUT2D eigenvalue weighted by molar-refractivity contribution is 5.83. The Morgan fingerprint density at radius 1 is 0.828 bits per heavy atom. The second kappa shape index (κ2) is 8.14. The van der Waals surface area contributed by atoms with Gasteiger partial charge >= 0.3 is 0 Å². The summed E-state index contributed by atoms with van der Waals surface area (Å²) in [5.41, 5.74) is 6.27. The molecular formula is C26H25N3. The fourth-order valence-electron chi connectivity index (χ4n) is 4.00. The molecule has 4 aromatic rings. The van der Waals surface area contributed by atoms with Gasteiger partial charge in [0.15, 0.2) is 0 Å². The van der Waals surface area contributed by atoms with Crippen LogP contribution in [0.4, 0.5) is 0 Å². The van der Waals surface area contributed by atoms with Crippen LogP contribution in [0.3, 0.4) is 0 Å². The van der Waals surface area contributed by atoms with Crippen molar-refractivity contribution in [3.63, 3.8) is 0 Å². The Kier molecular flexibility index (Phi) is 5.06. The van der Waals surface area contributed by atoms with E-state index in [1.165, 1.54) is 35.1 Å². The first kappa shape index (κ1) is 18.0. The van der Waals surface area contributed by atoms with Crippen LogP contribution < -0.4 is 0 Å². The van der Waals surface area contributed by atoms with Crippen LogP contribution in [0.15, 0.2) is 85.3 Å². The molecule has 29 heavy (non-hydrogen) atoms. The smallest absolute Gasteiger partial charge is 0.116 e. The molecule has 0 atom stereocenters. The minimum absolute atomic E-state index is 0.750. The van der Waals surface area contributed by atoms with Crippen LogP contribution in [-0.2, 0) is 13.0 Å². The summed E-state index contributed by atoms with van der Waals surface area (Å²) in [7, 11) is 0. The number of hydrogen-bond acceptors (Lipinski definition) is 3. The van der Waals surface area contributed by atoms with Crippen molar-refractivity contribution >= 4 is 10.9 Å². The maximum Gasteiger partial charge on any atom is 0.116 e. The van der Waals surface area contributed by atoms with Gasteiger partial charge in [0.1, 0.15) is 6.33 Å². The van der Waals surface area contributed by atoms with Crippen LogP contribution in [0.1, 0.15) is 24.0 Å². The summed E-state index contributed by atoms with van der Waals surface area (Å²) in [6.07, 6.45) is 7.26. The quantitative estimate of drug-likeness (QED) is 0.424. The van der Waals surface area contributed by atoms with Crippen LogP contribution >= 0.6 is 0 Å². The fraction of sp³-hybridized carbons (Fsp3) is 0.231. The third-order valence-electron chi connectivity index (χ3n) is 5.74. The monoisotopic (exact) mass is 379 g/mol. The Labute approximate surface area is 172 Å². The molecule has 144 valence electrons. The van der Waals surface area contributed by atoms with Crippen LogP contribution in [0.5, 0.6) is 0 Å². The Balaban J connectivity index is 1.34. The third kappa shape index (κ3) is 4.36. The highest BCUT2D eigenvalue weighted by Crippen LogP contribution is 2.30. The molecule has 0 unspecified atom stereocenters. The Morgan fingerprint density at radius 2 is 1.66 bits per heavy atom. The molecule has 0 radical (unpaired) electrons. The minimum Gasteiger partial charge on any atom is -0.296 e. The lowest BCUT2D eigenvalue weighted by Gasteiger charge is -2.22. The predicted octanol–water partition coefficient (Wildman–Crippen LogP) is 5.50. The number of nitrogens with zero attached hydrogens (tertiary/aromatic N) is 3. The lowest BCUT2D eigenvalue weighted by Crippen LogP contribution is -2.27. The van der Waals surface area contributed by atoms with Gasteiger partial charge < -0.3 is 0 Å².